The van der Waals surface area contributed by atoms with Gasteiger partial charge in [-0.1, -0.05) is 23.7 Å². The van der Waals surface area contributed by atoms with Gasteiger partial charge in [-0.3, -0.25) is 4.79 Å². The van der Waals surface area contributed by atoms with Crippen LogP contribution in [0.25, 0.3) is 0 Å². The topological polar surface area (TPSA) is 57.5 Å². The van der Waals surface area contributed by atoms with Crippen LogP contribution in [-0.2, 0) is 10.2 Å². The van der Waals surface area contributed by atoms with E-state index in [4.69, 9.17) is 16.7 Å². The summed E-state index contributed by atoms with van der Waals surface area (Å²) in [6.45, 7) is -0.0884. The Kier molecular flexibility index (Phi) is 2.44. The van der Waals surface area contributed by atoms with Gasteiger partial charge in [-0.15, -0.1) is 0 Å². The number of carbonyl (C=O) groups is 1. The highest BCUT2D eigenvalue weighted by Gasteiger charge is 2.61. The molecule has 0 heterocycles. The molecule has 0 spiro atoms. The van der Waals surface area contributed by atoms with Crippen LogP contribution in [0.15, 0.2) is 24.3 Å². The number of benzene rings is 1. The van der Waals surface area contributed by atoms with Crippen molar-refractivity contribution in [3.63, 3.8) is 0 Å². The molecule has 4 heteroatoms. The molecule has 80 valence electrons. The molecule has 2 N–H and O–H groups in total. The molecule has 0 aromatic heterocycles. The number of halogens is 1. The number of hydrogen-bond acceptors (Lipinski definition) is 2. The first kappa shape index (κ1) is 10.5. The summed E-state index contributed by atoms with van der Waals surface area (Å²) < 4.78 is 0. The van der Waals surface area contributed by atoms with Crippen molar-refractivity contribution in [2.45, 2.75) is 11.8 Å². The largest absolute Gasteiger partial charge is 0.481 e. The van der Waals surface area contributed by atoms with Gasteiger partial charge in [-0.05, 0) is 24.1 Å². The molecular weight excluding hydrogens is 216 g/mol. The SMILES string of the molecule is O=C(O)C1(c2ccc(Cl)cc2)CC1CO. The second-order valence-corrected chi connectivity index (χ2v) is 4.30. The second kappa shape index (κ2) is 3.51. The molecule has 2 atom stereocenters. The summed E-state index contributed by atoms with van der Waals surface area (Å²) in [4.78, 5) is 11.2. The van der Waals surface area contributed by atoms with Gasteiger partial charge < -0.3 is 10.2 Å². The van der Waals surface area contributed by atoms with Crippen LogP contribution in [0.2, 0.25) is 5.02 Å². The molecular formula is C11H11ClO3. The molecule has 1 aliphatic carbocycles. The third kappa shape index (κ3) is 1.52. The Balaban J connectivity index is 2.36. The van der Waals surface area contributed by atoms with Gasteiger partial charge in [0.2, 0.25) is 0 Å². The van der Waals surface area contributed by atoms with E-state index < -0.39 is 11.4 Å². The van der Waals surface area contributed by atoms with Crippen LogP contribution >= 0.6 is 11.6 Å². The number of aliphatic hydroxyl groups excluding tert-OH is 1. The van der Waals surface area contributed by atoms with Gasteiger partial charge in [0.15, 0.2) is 0 Å². The highest BCUT2D eigenvalue weighted by Crippen LogP contribution is 2.54. The van der Waals surface area contributed by atoms with E-state index in [1.165, 1.54) is 0 Å². The van der Waals surface area contributed by atoms with E-state index in [0.29, 0.717) is 11.4 Å². The monoisotopic (exact) mass is 226 g/mol. The molecule has 15 heavy (non-hydrogen) atoms. The average Bonchev–Trinajstić information content (AvgIpc) is 2.94. The zero-order valence-electron chi connectivity index (χ0n) is 7.98. The Morgan fingerprint density at radius 1 is 1.47 bits per heavy atom. The van der Waals surface area contributed by atoms with E-state index in [1.807, 2.05) is 0 Å². The van der Waals surface area contributed by atoms with Crippen LogP contribution in [0, 0.1) is 5.92 Å². The lowest BCUT2D eigenvalue weighted by atomic mass is 9.93. The van der Waals surface area contributed by atoms with Crippen molar-refractivity contribution >= 4 is 17.6 Å². The van der Waals surface area contributed by atoms with Crippen LogP contribution in [0.3, 0.4) is 0 Å². The third-order valence-corrected chi connectivity index (χ3v) is 3.32. The normalized spacial score (nSPS) is 28.8. The van der Waals surface area contributed by atoms with Crippen molar-refractivity contribution in [2.24, 2.45) is 5.92 Å². The highest BCUT2D eigenvalue weighted by atomic mass is 35.5. The number of carboxylic acids is 1. The van der Waals surface area contributed by atoms with Crippen molar-refractivity contribution in [1.82, 2.24) is 0 Å². The molecule has 0 amide bonds. The van der Waals surface area contributed by atoms with Gasteiger partial charge in [0.1, 0.15) is 0 Å². The number of aliphatic carboxylic acids is 1. The lowest BCUT2D eigenvalue weighted by molar-refractivity contribution is -0.140. The minimum Gasteiger partial charge on any atom is -0.481 e. The quantitative estimate of drug-likeness (QED) is 0.825. The van der Waals surface area contributed by atoms with Crippen LogP contribution in [0.4, 0.5) is 0 Å². The highest BCUT2D eigenvalue weighted by molar-refractivity contribution is 6.30. The van der Waals surface area contributed by atoms with Crippen molar-refractivity contribution < 1.29 is 15.0 Å². The van der Waals surface area contributed by atoms with Crippen LogP contribution in [0.5, 0.6) is 0 Å². The lowest BCUT2D eigenvalue weighted by Crippen LogP contribution is -2.23. The molecule has 1 aromatic carbocycles. The zero-order chi connectivity index (χ0) is 11.1. The number of rotatable bonds is 3. The molecule has 0 bridgehead atoms. The summed E-state index contributed by atoms with van der Waals surface area (Å²) in [5.41, 5.74) is -0.169. The van der Waals surface area contributed by atoms with E-state index in [1.54, 1.807) is 24.3 Å². The minimum absolute atomic E-state index is 0.0884. The van der Waals surface area contributed by atoms with Gasteiger partial charge in [-0.2, -0.15) is 0 Å². The second-order valence-electron chi connectivity index (χ2n) is 3.87. The lowest BCUT2D eigenvalue weighted by Gasteiger charge is -2.11. The number of carboxylic acid groups (broad SMARTS) is 1. The summed E-state index contributed by atoms with van der Waals surface area (Å²) >= 11 is 5.74. The Morgan fingerprint density at radius 3 is 2.47 bits per heavy atom. The molecule has 1 aromatic rings. The smallest absolute Gasteiger partial charge is 0.314 e. The molecule has 0 saturated heterocycles. The van der Waals surface area contributed by atoms with Gasteiger partial charge in [-0.25, -0.2) is 0 Å². The van der Waals surface area contributed by atoms with E-state index in [0.717, 1.165) is 5.56 Å². The van der Waals surface area contributed by atoms with Crippen molar-refractivity contribution in [3.05, 3.63) is 34.9 Å². The summed E-state index contributed by atoms with van der Waals surface area (Å²) in [6.07, 6.45) is 0.500. The Bertz CT molecular complexity index is 387. The first-order valence-electron chi connectivity index (χ1n) is 4.71. The van der Waals surface area contributed by atoms with E-state index in [2.05, 4.69) is 0 Å². The molecule has 1 aliphatic rings. The van der Waals surface area contributed by atoms with E-state index in [9.17, 15) is 9.90 Å². The van der Waals surface area contributed by atoms with Crippen LogP contribution in [0.1, 0.15) is 12.0 Å². The molecule has 1 fully saturated rings. The number of aliphatic hydroxyl groups is 1. The molecule has 2 unspecified atom stereocenters. The first-order chi connectivity index (χ1) is 7.11. The predicted molar refractivity (Wildman–Crippen MR) is 56.0 cm³/mol. The summed E-state index contributed by atoms with van der Waals surface area (Å²) in [5, 5.41) is 18.8. The Morgan fingerprint density at radius 2 is 2.07 bits per heavy atom. The fourth-order valence-electron chi connectivity index (χ4n) is 2.04. The summed E-state index contributed by atoms with van der Waals surface area (Å²) in [6, 6.07) is 6.78. The predicted octanol–water partition coefficient (Wildman–Crippen LogP) is 1.67. The Labute approximate surface area is 92.3 Å². The maximum atomic E-state index is 11.2. The maximum absolute atomic E-state index is 11.2. The molecule has 3 nitrogen and oxygen atoms in total. The fraction of sp³-hybridized carbons (Fsp3) is 0.364. The van der Waals surface area contributed by atoms with Gasteiger partial charge >= 0.3 is 5.97 Å². The molecule has 0 aliphatic heterocycles. The van der Waals surface area contributed by atoms with Gasteiger partial charge in [0.25, 0.3) is 0 Å². The maximum Gasteiger partial charge on any atom is 0.314 e. The van der Waals surface area contributed by atoms with E-state index in [-0.39, 0.29) is 12.5 Å². The van der Waals surface area contributed by atoms with Crippen molar-refractivity contribution in [2.75, 3.05) is 6.61 Å². The Hall–Kier alpha value is -1.06. The van der Waals surface area contributed by atoms with Crippen molar-refractivity contribution in [1.29, 1.82) is 0 Å². The first-order valence-corrected chi connectivity index (χ1v) is 5.09. The average molecular weight is 227 g/mol. The third-order valence-electron chi connectivity index (χ3n) is 3.07. The molecule has 0 radical (unpaired) electrons. The molecule has 2 rings (SSSR count). The van der Waals surface area contributed by atoms with Crippen LogP contribution < -0.4 is 0 Å². The van der Waals surface area contributed by atoms with Gasteiger partial charge in [0.05, 0.1) is 5.41 Å². The molecule has 1 saturated carbocycles. The van der Waals surface area contributed by atoms with Crippen LogP contribution in [-0.4, -0.2) is 22.8 Å². The standard InChI is InChI=1S/C11H11ClO3/c12-9-3-1-7(2-4-9)11(10(14)15)5-8(11)6-13/h1-4,8,13H,5-6H2,(H,14,15). The fourth-order valence-corrected chi connectivity index (χ4v) is 2.16. The summed E-state index contributed by atoms with van der Waals surface area (Å²) in [7, 11) is 0. The zero-order valence-corrected chi connectivity index (χ0v) is 8.74. The van der Waals surface area contributed by atoms with E-state index >= 15 is 0 Å². The minimum atomic E-state index is -0.890. The van der Waals surface area contributed by atoms with Gasteiger partial charge in [0, 0.05) is 17.5 Å². The summed E-state index contributed by atoms with van der Waals surface area (Å²) in [5.74, 6) is -1.04. The number of hydrogen-bond donors (Lipinski definition) is 2. The van der Waals surface area contributed by atoms with Crippen molar-refractivity contribution in [3.8, 4) is 0 Å².